The van der Waals surface area contributed by atoms with Crippen molar-refractivity contribution in [3.8, 4) is 11.5 Å². The van der Waals surface area contributed by atoms with E-state index in [0.29, 0.717) is 39.6 Å². The molecule has 4 aromatic rings. The molecular weight excluding hydrogens is 524 g/mol. The molecule has 204 valence electrons. The van der Waals surface area contributed by atoms with Gasteiger partial charge in [0.25, 0.3) is 5.56 Å². The lowest BCUT2D eigenvalue weighted by Crippen LogP contribution is -2.39. The van der Waals surface area contributed by atoms with E-state index in [1.807, 2.05) is 91.9 Å². The minimum absolute atomic E-state index is 0.208. The van der Waals surface area contributed by atoms with Crippen molar-refractivity contribution >= 4 is 23.4 Å². The van der Waals surface area contributed by atoms with Crippen molar-refractivity contribution in [3.63, 3.8) is 0 Å². The highest BCUT2D eigenvalue weighted by Crippen LogP contribution is 2.30. The van der Waals surface area contributed by atoms with Crippen LogP contribution in [0.5, 0.6) is 11.5 Å². The first kappa shape index (κ1) is 27.1. The Balaban J connectivity index is 1.37. The van der Waals surface area contributed by atoms with E-state index in [0.717, 1.165) is 16.9 Å². The molecule has 1 aliphatic heterocycles. The zero-order valence-corrected chi connectivity index (χ0v) is 23.4. The lowest BCUT2D eigenvalue weighted by Gasteiger charge is -2.24. The lowest BCUT2D eigenvalue weighted by molar-refractivity contribution is -0.139. The van der Waals surface area contributed by atoms with E-state index in [2.05, 4.69) is 4.99 Å². The molecule has 0 saturated carbocycles. The number of nitrogens with zero attached hydrogens (tertiary/aromatic N) is 2. The molecule has 0 fully saturated rings. The molecule has 0 spiro atoms. The van der Waals surface area contributed by atoms with E-state index in [4.69, 9.17) is 14.2 Å². The molecule has 0 radical (unpaired) electrons. The predicted octanol–water partition coefficient (Wildman–Crippen LogP) is 4.56. The summed E-state index contributed by atoms with van der Waals surface area (Å²) in [6, 6.07) is 24.3. The lowest BCUT2D eigenvalue weighted by atomic mass is 9.96. The molecule has 1 aliphatic rings. The van der Waals surface area contributed by atoms with Crippen LogP contribution in [0.4, 0.5) is 0 Å². The highest BCUT2D eigenvalue weighted by molar-refractivity contribution is 7.07. The number of esters is 1. The van der Waals surface area contributed by atoms with Crippen LogP contribution in [0.25, 0.3) is 6.08 Å². The average Bonchev–Trinajstić information content (AvgIpc) is 3.26. The molecule has 0 amide bonds. The molecule has 3 aromatic carbocycles. The smallest absolute Gasteiger partial charge is 0.338 e. The Morgan fingerprint density at radius 3 is 2.17 bits per heavy atom. The Kier molecular flexibility index (Phi) is 8.26. The first-order valence-electron chi connectivity index (χ1n) is 13.1. The predicted molar refractivity (Wildman–Crippen MR) is 155 cm³/mol. The van der Waals surface area contributed by atoms with E-state index in [1.54, 1.807) is 18.4 Å². The van der Waals surface area contributed by atoms with Crippen molar-refractivity contribution < 1.29 is 19.0 Å². The van der Waals surface area contributed by atoms with Gasteiger partial charge in [-0.25, -0.2) is 9.79 Å². The Bertz CT molecular complexity index is 1700. The Morgan fingerprint density at radius 2 is 1.55 bits per heavy atom. The van der Waals surface area contributed by atoms with Gasteiger partial charge in [-0.2, -0.15) is 0 Å². The normalized spacial score (nSPS) is 14.9. The van der Waals surface area contributed by atoms with Crippen molar-refractivity contribution in [3.05, 3.63) is 127 Å². The summed E-state index contributed by atoms with van der Waals surface area (Å²) in [4.78, 5) is 31.8. The molecule has 5 rings (SSSR count). The van der Waals surface area contributed by atoms with Gasteiger partial charge in [-0.05, 0) is 62.2 Å². The number of hydrogen-bond donors (Lipinski definition) is 0. The van der Waals surface area contributed by atoms with E-state index in [9.17, 15) is 9.59 Å². The summed E-state index contributed by atoms with van der Waals surface area (Å²) in [6.07, 6.45) is 1.83. The largest absolute Gasteiger partial charge is 0.490 e. The fourth-order valence-electron chi connectivity index (χ4n) is 4.51. The minimum atomic E-state index is -0.614. The summed E-state index contributed by atoms with van der Waals surface area (Å²) in [5, 5.41) is 0. The molecule has 1 aromatic heterocycles. The second kappa shape index (κ2) is 12.2. The molecule has 0 bridgehead atoms. The first-order chi connectivity index (χ1) is 19.4. The van der Waals surface area contributed by atoms with Crippen LogP contribution in [0.2, 0.25) is 0 Å². The number of rotatable bonds is 9. The molecule has 0 N–H and O–H groups in total. The summed E-state index contributed by atoms with van der Waals surface area (Å²) in [5.41, 5.74) is 3.57. The summed E-state index contributed by atoms with van der Waals surface area (Å²) < 4.78 is 19.0. The van der Waals surface area contributed by atoms with Gasteiger partial charge in [0.05, 0.1) is 28.5 Å². The second-order valence-electron chi connectivity index (χ2n) is 9.29. The van der Waals surface area contributed by atoms with Crippen LogP contribution in [-0.4, -0.2) is 30.4 Å². The zero-order chi connectivity index (χ0) is 28.1. The van der Waals surface area contributed by atoms with Crippen molar-refractivity contribution in [2.75, 3.05) is 19.8 Å². The van der Waals surface area contributed by atoms with Crippen LogP contribution in [0, 0.1) is 6.92 Å². The number of carbonyl (C=O) groups is 1. The average molecular weight is 555 g/mol. The highest BCUT2D eigenvalue weighted by Gasteiger charge is 2.33. The van der Waals surface area contributed by atoms with Crippen LogP contribution in [0.3, 0.4) is 0 Å². The van der Waals surface area contributed by atoms with Crippen LogP contribution < -0.4 is 24.4 Å². The Morgan fingerprint density at radius 1 is 0.925 bits per heavy atom. The maximum Gasteiger partial charge on any atom is 0.338 e. The molecule has 40 heavy (non-hydrogen) atoms. The molecule has 2 heterocycles. The molecule has 0 aliphatic carbocycles. The number of allylic oxidation sites excluding steroid dienone is 1. The van der Waals surface area contributed by atoms with Crippen LogP contribution >= 0.6 is 11.3 Å². The number of aryl methyl sites for hydroxylation is 1. The number of hydrogen-bond acceptors (Lipinski definition) is 7. The fourth-order valence-corrected chi connectivity index (χ4v) is 5.55. The Hall–Kier alpha value is -4.43. The van der Waals surface area contributed by atoms with Gasteiger partial charge in [0.15, 0.2) is 4.80 Å². The van der Waals surface area contributed by atoms with Crippen LogP contribution in [0.15, 0.2) is 99.9 Å². The number of carbonyl (C=O) groups excluding carboxylic acids is 1. The van der Waals surface area contributed by atoms with Gasteiger partial charge in [-0.1, -0.05) is 71.5 Å². The highest BCUT2D eigenvalue weighted by atomic mass is 32.1. The topological polar surface area (TPSA) is 79.1 Å². The number of ether oxygens (including phenoxy) is 3. The number of aromatic nitrogens is 1. The third-order valence-electron chi connectivity index (χ3n) is 6.45. The van der Waals surface area contributed by atoms with E-state index < -0.39 is 12.0 Å². The van der Waals surface area contributed by atoms with Crippen LogP contribution in [0.1, 0.15) is 36.6 Å². The van der Waals surface area contributed by atoms with E-state index >= 15 is 0 Å². The quantitative estimate of drug-likeness (QED) is 0.224. The molecule has 1 atom stereocenters. The van der Waals surface area contributed by atoms with Gasteiger partial charge < -0.3 is 14.2 Å². The van der Waals surface area contributed by atoms with E-state index in [-0.39, 0.29) is 12.2 Å². The van der Waals surface area contributed by atoms with Gasteiger partial charge in [-0.15, -0.1) is 0 Å². The summed E-state index contributed by atoms with van der Waals surface area (Å²) in [5.74, 6) is 1.06. The number of benzene rings is 3. The second-order valence-corrected chi connectivity index (χ2v) is 10.3. The first-order valence-corrected chi connectivity index (χ1v) is 13.9. The van der Waals surface area contributed by atoms with Gasteiger partial charge >= 0.3 is 5.97 Å². The van der Waals surface area contributed by atoms with Gasteiger partial charge in [0.2, 0.25) is 0 Å². The Labute approximate surface area is 236 Å². The molecular formula is C32H30N2O5S. The maximum absolute atomic E-state index is 13.7. The van der Waals surface area contributed by atoms with Crippen molar-refractivity contribution in [1.29, 1.82) is 0 Å². The van der Waals surface area contributed by atoms with Crippen LogP contribution in [-0.2, 0) is 9.53 Å². The number of fused-ring (bicyclic) bond motifs is 1. The summed E-state index contributed by atoms with van der Waals surface area (Å²) in [6.45, 7) is 6.66. The van der Waals surface area contributed by atoms with Gasteiger partial charge in [0.1, 0.15) is 24.7 Å². The molecule has 8 heteroatoms. The number of thiazole rings is 1. The maximum atomic E-state index is 13.7. The SMILES string of the molecule is CCOC(=O)C1=C(C)N=c2s/c(=C\c3ccc(OCCOc4ccc(C)cc4)cc3)c(=O)n2[C@H]1c1ccccc1. The van der Waals surface area contributed by atoms with E-state index in [1.165, 1.54) is 16.9 Å². The third kappa shape index (κ3) is 5.92. The van der Waals surface area contributed by atoms with Gasteiger partial charge in [0, 0.05) is 0 Å². The molecule has 7 nitrogen and oxygen atoms in total. The molecule has 0 unspecified atom stereocenters. The fraction of sp³-hybridized carbons (Fsp3) is 0.219. The van der Waals surface area contributed by atoms with Crippen molar-refractivity contribution in [2.45, 2.75) is 26.8 Å². The standard InChI is InChI=1S/C32H30N2O5S/c1-4-37-31(36)28-22(3)33-32-34(29(28)24-8-6-5-7-9-24)30(35)27(40-32)20-23-12-16-26(17-13-23)39-19-18-38-25-14-10-21(2)11-15-25/h5-17,20,29H,4,18-19H2,1-3H3/b27-20-/t29-/m0/s1. The third-order valence-corrected chi connectivity index (χ3v) is 7.43. The monoisotopic (exact) mass is 554 g/mol. The van der Waals surface area contributed by atoms with Crippen molar-refractivity contribution in [1.82, 2.24) is 4.57 Å². The van der Waals surface area contributed by atoms with Crippen molar-refractivity contribution in [2.24, 2.45) is 4.99 Å². The summed E-state index contributed by atoms with van der Waals surface area (Å²) in [7, 11) is 0. The summed E-state index contributed by atoms with van der Waals surface area (Å²) >= 11 is 1.30. The zero-order valence-electron chi connectivity index (χ0n) is 22.6. The molecule has 0 saturated heterocycles. The minimum Gasteiger partial charge on any atom is -0.490 e. The van der Waals surface area contributed by atoms with Gasteiger partial charge in [-0.3, -0.25) is 9.36 Å².